The van der Waals surface area contributed by atoms with E-state index in [0.717, 1.165) is 23.3 Å². The number of nitrogens with one attached hydrogen (secondary N) is 1. The minimum Gasteiger partial charge on any atom is -0.316 e. The third kappa shape index (κ3) is 6.51. The fourth-order valence-corrected chi connectivity index (χ4v) is 2.73. The smallest absolute Gasteiger partial charge is 0.0931 e. The summed E-state index contributed by atoms with van der Waals surface area (Å²) in [7, 11) is 0. The van der Waals surface area contributed by atoms with Gasteiger partial charge in [-0.15, -0.1) is 11.3 Å². The molecule has 92 valence electrons. The van der Waals surface area contributed by atoms with E-state index in [0.29, 0.717) is 0 Å². The van der Waals surface area contributed by atoms with Crippen LogP contribution >= 0.6 is 22.9 Å². The van der Waals surface area contributed by atoms with E-state index >= 15 is 0 Å². The number of hydrogen-bond acceptors (Lipinski definition) is 2. The van der Waals surface area contributed by atoms with Crippen LogP contribution in [-0.2, 0) is 6.42 Å². The number of rotatable bonds is 8. The Morgan fingerprint density at radius 3 is 2.69 bits per heavy atom. The van der Waals surface area contributed by atoms with Crippen LogP contribution in [0.4, 0.5) is 0 Å². The molecule has 0 saturated carbocycles. The van der Waals surface area contributed by atoms with Crippen molar-refractivity contribution in [3.63, 3.8) is 0 Å². The molecular formula is C13H22ClNS. The Bertz CT molecular complexity index is 283. The van der Waals surface area contributed by atoms with Crippen LogP contribution < -0.4 is 5.32 Å². The van der Waals surface area contributed by atoms with Gasteiger partial charge in [-0.05, 0) is 50.4 Å². The van der Waals surface area contributed by atoms with E-state index in [9.17, 15) is 0 Å². The van der Waals surface area contributed by atoms with E-state index in [1.807, 2.05) is 6.07 Å². The molecule has 0 fully saturated rings. The lowest BCUT2D eigenvalue weighted by Crippen LogP contribution is -2.20. The van der Waals surface area contributed by atoms with Crippen molar-refractivity contribution in [2.24, 2.45) is 5.92 Å². The molecule has 3 heteroatoms. The zero-order valence-electron chi connectivity index (χ0n) is 10.3. The van der Waals surface area contributed by atoms with Crippen molar-refractivity contribution in [3.05, 3.63) is 21.3 Å². The van der Waals surface area contributed by atoms with Gasteiger partial charge >= 0.3 is 0 Å². The molecule has 0 saturated heterocycles. The monoisotopic (exact) mass is 259 g/mol. The van der Waals surface area contributed by atoms with E-state index < -0.39 is 0 Å². The van der Waals surface area contributed by atoms with Gasteiger partial charge in [-0.1, -0.05) is 31.9 Å². The first-order chi connectivity index (χ1) is 7.68. The average Bonchev–Trinajstić information content (AvgIpc) is 2.62. The molecular weight excluding hydrogens is 238 g/mol. The molecule has 0 atom stereocenters. The van der Waals surface area contributed by atoms with Gasteiger partial charge < -0.3 is 5.32 Å². The van der Waals surface area contributed by atoms with Gasteiger partial charge in [-0.25, -0.2) is 0 Å². The Morgan fingerprint density at radius 1 is 1.25 bits per heavy atom. The quantitative estimate of drug-likeness (QED) is 0.684. The van der Waals surface area contributed by atoms with Gasteiger partial charge in [0.15, 0.2) is 0 Å². The predicted octanol–water partition coefficient (Wildman–Crippen LogP) is 4.36. The minimum atomic E-state index is 0.758. The lowest BCUT2D eigenvalue weighted by molar-refractivity contribution is 0.530. The second kappa shape index (κ2) is 8.10. The van der Waals surface area contributed by atoms with Crippen molar-refractivity contribution in [2.75, 3.05) is 13.1 Å². The maximum Gasteiger partial charge on any atom is 0.0931 e. The Hall–Kier alpha value is -0.0500. The van der Waals surface area contributed by atoms with E-state index in [-0.39, 0.29) is 0 Å². The summed E-state index contributed by atoms with van der Waals surface area (Å²) < 4.78 is 0.911. The summed E-state index contributed by atoms with van der Waals surface area (Å²) in [6.45, 7) is 6.78. The molecule has 0 aliphatic rings. The highest BCUT2D eigenvalue weighted by Gasteiger charge is 1.98. The first-order valence-corrected chi connectivity index (χ1v) is 7.33. The summed E-state index contributed by atoms with van der Waals surface area (Å²) in [5, 5.41) is 3.47. The Kier molecular flexibility index (Phi) is 7.10. The minimum absolute atomic E-state index is 0.758. The van der Waals surface area contributed by atoms with Crippen LogP contribution in [0.25, 0.3) is 0 Å². The van der Waals surface area contributed by atoms with Crippen LogP contribution in [0, 0.1) is 5.92 Å². The Balaban J connectivity index is 1.92. The lowest BCUT2D eigenvalue weighted by Gasteiger charge is -2.06. The standard InChI is InChI=1S/C13H22ClNS/c1-11(2)10-15-9-5-3-4-6-12-7-8-13(14)16-12/h7-8,11,15H,3-6,9-10H2,1-2H3. The maximum absolute atomic E-state index is 5.88. The summed E-state index contributed by atoms with van der Waals surface area (Å²) in [6.07, 6.45) is 5.05. The van der Waals surface area contributed by atoms with Crippen LogP contribution in [0.15, 0.2) is 12.1 Å². The molecule has 0 radical (unpaired) electrons. The summed E-state index contributed by atoms with van der Waals surface area (Å²) in [5.74, 6) is 0.758. The molecule has 0 spiro atoms. The molecule has 1 N–H and O–H groups in total. The molecule has 1 heterocycles. The summed E-state index contributed by atoms with van der Waals surface area (Å²) in [5.41, 5.74) is 0. The largest absolute Gasteiger partial charge is 0.316 e. The van der Waals surface area contributed by atoms with Gasteiger partial charge in [-0.3, -0.25) is 0 Å². The van der Waals surface area contributed by atoms with Gasteiger partial charge in [0.2, 0.25) is 0 Å². The molecule has 1 aromatic rings. The Morgan fingerprint density at radius 2 is 2.06 bits per heavy atom. The molecule has 16 heavy (non-hydrogen) atoms. The second-order valence-electron chi connectivity index (χ2n) is 4.61. The second-order valence-corrected chi connectivity index (χ2v) is 6.41. The van der Waals surface area contributed by atoms with Crippen molar-refractivity contribution < 1.29 is 0 Å². The maximum atomic E-state index is 5.88. The topological polar surface area (TPSA) is 12.0 Å². The molecule has 1 nitrogen and oxygen atoms in total. The average molecular weight is 260 g/mol. The highest BCUT2D eigenvalue weighted by molar-refractivity contribution is 7.16. The van der Waals surface area contributed by atoms with Crippen LogP contribution in [0.3, 0.4) is 0 Å². The van der Waals surface area contributed by atoms with Gasteiger partial charge in [-0.2, -0.15) is 0 Å². The highest BCUT2D eigenvalue weighted by Crippen LogP contribution is 2.22. The fourth-order valence-electron chi connectivity index (χ4n) is 1.60. The van der Waals surface area contributed by atoms with E-state index in [2.05, 4.69) is 25.2 Å². The van der Waals surface area contributed by atoms with Gasteiger partial charge in [0.05, 0.1) is 4.34 Å². The number of aryl methyl sites for hydroxylation is 1. The third-order valence-corrected chi connectivity index (χ3v) is 3.75. The highest BCUT2D eigenvalue weighted by atomic mass is 35.5. The number of unbranched alkanes of at least 4 members (excludes halogenated alkanes) is 2. The lowest BCUT2D eigenvalue weighted by atomic mass is 10.1. The van der Waals surface area contributed by atoms with E-state index in [4.69, 9.17) is 11.6 Å². The van der Waals surface area contributed by atoms with Crippen LogP contribution in [-0.4, -0.2) is 13.1 Å². The van der Waals surface area contributed by atoms with Gasteiger partial charge in [0, 0.05) is 4.88 Å². The number of hydrogen-bond donors (Lipinski definition) is 1. The van der Waals surface area contributed by atoms with E-state index in [1.165, 1.54) is 30.6 Å². The van der Waals surface area contributed by atoms with E-state index in [1.54, 1.807) is 11.3 Å². The van der Waals surface area contributed by atoms with Gasteiger partial charge in [0.1, 0.15) is 0 Å². The van der Waals surface area contributed by atoms with Crippen LogP contribution in [0.2, 0.25) is 4.34 Å². The van der Waals surface area contributed by atoms with Crippen LogP contribution in [0.5, 0.6) is 0 Å². The zero-order chi connectivity index (χ0) is 11.8. The van der Waals surface area contributed by atoms with Crippen molar-refractivity contribution in [2.45, 2.75) is 39.5 Å². The molecule has 0 bridgehead atoms. The molecule has 0 aromatic carbocycles. The first kappa shape index (κ1) is 14.0. The number of halogens is 1. The fraction of sp³-hybridized carbons (Fsp3) is 0.692. The van der Waals surface area contributed by atoms with Crippen molar-refractivity contribution >= 4 is 22.9 Å². The molecule has 1 aromatic heterocycles. The van der Waals surface area contributed by atoms with Crippen molar-refractivity contribution in [3.8, 4) is 0 Å². The third-order valence-electron chi connectivity index (χ3n) is 2.46. The molecule has 0 amide bonds. The predicted molar refractivity (Wildman–Crippen MR) is 74.6 cm³/mol. The SMILES string of the molecule is CC(C)CNCCCCCc1ccc(Cl)s1. The van der Waals surface area contributed by atoms with Crippen molar-refractivity contribution in [1.29, 1.82) is 0 Å². The summed E-state index contributed by atoms with van der Waals surface area (Å²) >= 11 is 7.59. The van der Waals surface area contributed by atoms with Crippen molar-refractivity contribution in [1.82, 2.24) is 5.32 Å². The number of thiophene rings is 1. The van der Waals surface area contributed by atoms with Crippen LogP contribution in [0.1, 0.15) is 38.0 Å². The molecule has 0 unspecified atom stereocenters. The summed E-state index contributed by atoms with van der Waals surface area (Å²) in [4.78, 5) is 1.42. The zero-order valence-corrected chi connectivity index (χ0v) is 11.8. The Labute approximate surface area is 108 Å². The normalized spacial score (nSPS) is 11.2. The molecule has 1 rings (SSSR count). The first-order valence-electron chi connectivity index (χ1n) is 6.13. The van der Waals surface area contributed by atoms with Gasteiger partial charge in [0.25, 0.3) is 0 Å². The summed E-state index contributed by atoms with van der Waals surface area (Å²) in [6, 6.07) is 4.13. The molecule has 0 aliphatic heterocycles. The molecule has 0 aliphatic carbocycles.